The fourth-order valence-corrected chi connectivity index (χ4v) is 3.33. The van der Waals surface area contributed by atoms with Gasteiger partial charge in [-0.3, -0.25) is 9.69 Å². The van der Waals surface area contributed by atoms with E-state index in [9.17, 15) is 4.79 Å². The van der Waals surface area contributed by atoms with Gasteiger partial charge in [0, 0.05) is 24.1 Å². The van der Waals surface area contributed by atoms with Crippen molar-refractivity contribution >= 4 is 5.91 Å². The van der Waals surface area contributed by atoms with Gasteiger partial charge in [0.1, 0.15) is 5.76 Å². The first kappa shape index (κ1) is 20.7. The van der Waals surface area contributed by atoms with Crippen LogP contribution in [0.1, 0.15) is 83.5 Å². The molecular formula is C19H35N3O2. The average molecular weight is 338 g/mol. The van der Waals surface area contributed by atoms with Gasteiger partial charge in [-0.2, -0.15) is 0 Å². The Hall–Kier alpha value is -1.36. The molecule has 0 radical (unpaired) electrons. The highest BCUT2D eigenvalue weighted by Gasteiger charge is 2.37. The molecule has 0 aliphatic rings. The molecular weight excluding hydrogens is 302 g/mol. The lowest BCUT2D eigenvalue weighted by Crippen LogP contribution is -2.59. The van der Waals surface area contributed by atoms with Crippen LogP contribution in [0.25, 0.3) is 0 Å². The normalized spacial score (nSPS) is 15.3. The van der Waals surface area contributed by atoms with E-state index in [-0.39, 0.29) is 17.5 Å². The van der Waals surface area contributed by atoms with Gasteiger partial charge in [0.25, 0.3) is 5.91 Å². The van der Waals surface area contributed by atoms with Crippen molar-refractivity contribution in [1.82, 2.24) is 15.4 Å². The summed E-state index contributed by atoms with van der Waals surface area (Å²) in [6, 6.07) is 1.76. The second-order valence-corrected chi connectivity index (χ2v) is 6.82. The number of amides is 1. The predicted octanol–water partition coefficient (Wildman–Crippen LogP) is 4.04. The van der Waals surface area contributed by atoms with Crippen molar-refractivity contribution in [2.75, 3.05) is 13.1 Å². The highest BCUT2D eigenvalue weighted by atomic mass is 16.5. The first-order valence-electron chi connectivity index (χ1n) is 9.44. The Morgan fingerprint density at radius 2 is 1.88 bits per heavy atom. The van der Waals surface area contributed by atoms with Crippen molar-refractivity contribution in [3.05, 3.63) is 17.5 Å². The van der Waals surface area contributed by atoms with E-state index < -0.39 is 0 Å². The van der Waals surface area contributed by atoms with E-state index in [4.69, 9.17) is 4.52 Å². The summed E-state index contributed by atoms with van der Waals surface area (Å²) < 4.78 is 5.15. The zero-order valence-corrected chi connectivity index (χ0v) is 16.3. The van der Waals surface area contributed by atoms with E-state index in [0.717, 1.165) is 51.0 Å². The van der Waals surface area contributed by atoms with E-state index in [1.165, 1.54) is 0 Å². The number of aromatic nitrogens is 1. The highest BCUT2D eigenvalue weighted by Crippen LogP contribution is 2.26. The third kappa shape index (κ3) is 5.07. The molecule has 5 nitrogen and oxygen atoms in total. The average Bonchev–Trinajstić information content (AvgIpc) is 3.04. The van der Waals surface area contributed by atoms with E-state index in [2.05, 4.69) is 50.0 Å². The van der Waals surface area contributed by atoms with Crippen molar-refractivity contribution in [1.29, 1.82) is 0 Å². The fraction of sp³-hybridized carbons (Fsp3) is 0.789. The van der Waals surface area contributed by atoms with Crippen LogP contribution in [0.15, 0.2) is 10.6 Å². The van der Waals surface area contributed by atoms with Gasteiger partial charge < -0.3 is 9.84 Å². The van der Waals surface area contributed by atoms with E-state index >= 15 is 0 Å². The van der Waals surface area contributed by atoms with Crippen LogP contribution in [0.3, 0.4) is 0 Å². The number of nitrogens with zero attached hydrogens (tertiary/aromatic N) is 2. The Kier molecular flexibility index (Phi) is 8.46. The number of carbonyl (C=O) groups is 1. The molecule has 1 N–H and O–H groups in total. The molecule has 138 valence electrons. The van der Waals surface area contributed by atoms with Crippen LogP contribution < -0.4 is 5.32 Å². The molecule has 0 fully saturated rings. The van der Waals surface area contributed by atoms with Crippen LogP contribution in [0.2, 0.25) is 0 Å². The first-order chi connectivity index (χ1) is 11.4. The first-order valence-corrected chi connectivity index (χ1v) is 9.44. The molecule has 1 rings (SSSR count). The minimum absolute atomic E-state index is 0.0322. The van der Waals surface area contributed by atoms with Crippen molar-refractivity contribution in [3.63, 3.8) is 0 Å². The van der Waals surface area contributed by atoms with Crippen LogP contribution in [0.4, 0.5) is 0 Å². The van der Waals surface area contributed by atoms with Gasteiger partial charge >= 0.3 is 0 Å². The van der Waals surface area contributed by atoms with Crippen molar-refractivity contribution in [2.45, 2.75) is 85.2 Å². The minimum Gasteiger partial charge on any atom is -0.361 e. The molecule has 0 aromatic carbocycles. The molecule has 1 aromatic rings. The fourth-order valence-electron chi connectivity index (χ4n) is 3.33. The molecule has 1 aromatic heterocycles. The Balaban J connectivity index is 2.90. The van der Waals surface area contributed by atoms with Gasteiger partial charge in [0.05, 0.1) is 0 Å². The lowest BCUT2D eigenvalue weighted by atomic mass is 9.85. The maximum Gasteiger partial charge on any atom is 0.273 e. The topological polar surface area (TPSA) is 58.4 Å². The van der Waals surface area contributed by atoms with Crippen molar-refractivity contribution in [2.24, 2.45) is 0 Å². The monoisotopic (exact) mass is 337 g/mol. The number of carbonyl (C=O) groups excluding carboxylic acids is 1. The van der Waals surface area contributed by atoms with Gasteiger partial charge in [0.15, 0.2) is 5.69 Å². The SMILES string of the molecule is CCCN(CCC)C(C)(CCC)C(C)NC(=O)c1cc(CC)on1. The van der Waals surface area contributed by atoms with Gasteiger partial charge in [-0.1, -0.05) is 39.3 Å². The van der Waals surface area contributed by atoms with Crippen LogP contribution in [-0.2, 0) is 6.42 Å². The second kappa shape index (κ2) is 9.82. The summed E-state index contributed by atoms with van der Waals surface area (Å²) in [5.74, 6) is 0.587. The Morgan fingerprint density at radius 3 is 2.33 bits per heavy atom. The molecule has 1 heterocycles. The molecule has 0 saturated carbocycles. The summed E-state index contributed by atoms with van der Waals surface area (Å²) in [7, 11) is 0. The molecule has 2 unspecified atom stereocenters. The van der Waals surface area contributed by atoms with E-state index in [0.29, 0.717) is 5.69 Å². The van der Waals surface area contributed by atoms with Crippen LogP contribution in [0, 0.1) is 0 Å². The smallest absolute Gasteiger partial charge is 0.273 e. The lowest BCUT2D eigenvalue weighted by Gasteiger charge is -2.46. The quantitative estimate of drug-likeness (QED) is 0.662. The maximum atomic E-state index is 12.5. The highest BCUT2D eigenvalue weighted by molar-refractivity contribution is 5.92. The third-order valence-electron chi connectivity index (χ3n) is 4.89. The maximum absolute atomic E-state index is 12.5. The summed E-state index contributed by atoms with van der Waals surface area (Å²) >= 11 is 0. The van der Waals surface area contributed by atoms with Gasteiger partial charge in [-0.25, -0.2) is 0 Å². The molecule has 1 amide bonds. The molecule has 0 aliphatic heterocycles. The van der Waals surface area contributed by atoms with E-state index in [1.54, 1.807) is 6.07 Å². The minimum atomic E-state index is -0.152. The van der Waals surface area contributed by atoms with Gasteiger partial charge in [-0.05, 0) is 46.2 Å². The summed E-state index contributed by atoms with van der Waals surface area (Å²) in [4.78, 5) is 15.1. The van der Waals surface area contributed by atoms with Crippen molar-refractivity contribution < 1.29 is 9.32 Å². The number of hydrogen-bond donors (Lipinski definition) is 1. The molecule has 0 bridgehead atoms. The van der Waals surface area contributed by atoms with Crippen LogP contribution in [0.5, 0.6) is 0 Å². The zero-order valence-electron chi connectivity index (χ0n) is 16.3. The number of aryl methyl sites for hydroxylation is 1. The van der Waals surface area contributed by atoms with E-state index in [1.807, 2.05) is 6.92 Å². The largest absolute Gasteiger partial charge is 0.361 e. The lowest BCUT2D eigenvalue weighted by molar-refractivity contribution is 0.0544. The number of rotatable bonds is 11. The zero-order chi connectivity index (χ0) is 18.2. The molecule has 24 heavy (non-hydrogen) atoms. The Bertz CT molecular complexity index is 495. The van der Waals surface area contributed by atoms with Gasteiger partial charge in [0.2, 0.25) is 0 Å². The number of nitrogens with one attached hydrogen (secondary N) is 1. The Labute approximate surface area is 147 Å². The summed E-state index contributed by atoms with van der Waals surface area (Å²) in [5, 5.41) is 7.04. The summed E-state index contributed by atoms with van der Waals surface area (Å²) in [6.45, 7) is 15.1. The molecule has 0 aliphatic carbocycles. The van der Waals surface area contributed by atoms with Gasteiger partial charge in [-0.15, -0.1) is 0 Å². The summed E-state index contributed by atoms with van der Waals surface area (Å²) in [6.07, 6.45) is 5.11. The third-order valence-corrected chi connectivity index (χ3v) is 4.89. The van der Waals surface area contributed by atoms with Crippen LogP contribution >= 0.6 is 0 Å². The van der Waals surface area contributed by atoms with Crippen LogP contribution in [-0.4, -0.2) is 40.6 Å². The standard InChI is InChI=1S/C19H35N3O2/c1-7-11-19(6,22(12-8-2)13-9-3)15(5)20-18(23)17-14-16(10-4)24-21-17/h14-15H,7-13H2,1-6H3,(H,20,23). The molecule has 0 saturated heterocycles. The molecule has 2 atom stereocenters. The second-order valence-electron chi connectivity index (χ2n) is 6.82. The van der Waals surface area contributed by atoms with Crippen molar-refractivity contribution in [3.8, 4) is 0 Å². The Morgan fingerprint density at radius 1 is 1.25 bits per heavy atom. The number of hydrogen-bond acceptors (Lipinski definition) is 4. The summed E-state index contributed by atoms with van der Waals surface area (Å²) in [5.41, 5.74) is 0.309. The molecule has 0 spiro atoms. The molecule has 5 heteroatoms. The predicted molar refractivity (Wildman–Crippen MR) is 98.3 cm³/mol.